The van der Waals surface area contributed by atoms with Gasteiger partial charge < -0.3 is 10.2 Å². The van der Waals surface area contributed by atoms with Crippen LogP contribution in [0.25, 0.3) is 0 Å². The molecule has 0 aromatic heterocycles. The molecule has 2 N–H and O–H groups in total. The van der Waals surface area contributed by atoms with Crippen molar-refractivity contribution in [2.45, 2.75) is 51.3 Å². The minimum Gasteiger partial charge on any atom is -0.326 e. The zero-order valence-electron chi connectivity index (χ0n) is 16.7. The van der Waals surface area contributed by atoms with E-state index in [1.807, 2.05) is 0 Å². The second kappa shape index (κ2) is 10.2. The standard InChI is InChI=1S/C20H33N3O3S/c1-4-20(24)22-18-7-9-19(10-8-18)27(25,26)21-11-5-6-12-23-14-16(2)13-17(3)15-23/h7-10,16-17,21H,4-6,11-15H2,1-3H3,(H,22,24). The van der Waals surface area contributed by atoms with Crippen molar-refractivity contribution in [2.75, 3.05) is 31.5 Å². The maximum atomic E-state index is 12.4. The van der Waals surface area contributed by atoms with Gasteiger partial charge in [-0.1, -0.05) is 20.8 Å². The molecule has 1 heterocycles. The van der Waals surface area contributed by atoms with Gasteiger partial charge in [0.25, 0.3) is 0 Å². The van der Waals surface area contributed by atoms with Crippen molar-refractivity contribution >= 4 is 21.6 Å². The van der Waals surface area contributed by atoms with Crippen molar-refractivity contribution < 1.29 is 13.2 Å². The second-order valence-electron chi connectivity index (χ2n) is 7.74. The molecule has 1 aromatic rings. The highest BCUT2D eigenvalue weighted by molar-refractivity contribution is 7.89. The van der Waals surface area contributed by atoms with Crippen LogP contribution in [0.15, 0.2) is 29.2 Å². The number of hydrogen-bond acceptors (Lipinski definition) is 4. The number of unbranched alkanes of at least 4 members (excludes halogenated alkanes) is 1. The highest BCUT2D eigenvalue weighted by atomic mass is 32.2. The van der Waals surface area contributed by atoms with Crippen molar-refractivity contribution in [2.24, 2.45) is 11.8 Å². The third-order valence-corrected chi connectivity index (χ3v) is 6.38. The van der Waals surface area contributed by atoms with Gasteiger partial charge in [0.05, 0.1) is 4.90 Å². The van der Waals surface area contributed by atoms with Crippen molar-refractivity contribution in [3.63, 3.8) is 0 Å². The molecule has 152 valence electrons. The lowest BCUT2D eigenvalue weighted by Crippen LogP contribution is -2.39. The maximum Gasteiger partial charge on any atom is 0.240 e. The summed E-state index contributed by atoms with van der Waals surface area (Å²) < 4.78 is 27.4. The molecule has 1 aliphatic rings. The Balaban J connectivity index is 1.73. The van der Waals surface area contributed by atoms with Crippen LogP contribution in [0, 0.1) is 11.8 Å². The van der Waals surface area contributed by atoms with Crippen LogP contribution < -0.4 is 10.0 Å². The lowest BCUT2D eigenvalue weighted by Gasteiger charge is -2.34. The van der Waals surface area contributed by atoms with Crippen LogP contribution in [0.4, 0.5) is 5.69 Å². The van der Waals surface area contributed by atoms with Gasteiger partial charge in [-0.05, 0) is 61.9 Å². The average molecular weight is 396 g/mol. The number of hydrogen-bond donors (Lipinski definition) is 2. The molecule has 0 saturated carbocycles. The molecule has 1 saturated heterocycles. The van der Waals surface area contributed by atoms with Crippen LogP contribution in [0.2, 0.25) is 0 Å². The fourth-order valence-corrected chi connectivity index (χ4v) is 4.77. The van der Waals surface area contributed by atoms with Crippen LogP contribution in [0.3, 0.4) is 0 Å². The summed E-state index contributed by atoms with van der Waals surface area (Å²) in [5, 5.41) is 2.71. The number of rotatable bonds is 9. The monoisotopic (exact) mass is 395 g/mol. The van der Waals surface area contributed by atoms with Crippen molar-refractivity contribution in [3.05, 3.63) is 24.3 Å². The van der Waals surface area contributed by atoms with Crippen LogP contribution in [-0.2, 0) is 14.8 Å². The molecule has 2 rings (SSSR count). The van der Waals surface area contributed by atoms with E-state index in [0.717, 1.165) is 44.3 Å². The quantitative estimate of drug-likeness (QED) is 0.630. The number of carbonyl (C=O) groups excluding carboxylic acids is 1. The molecule has 2 unspecified atom stereocenters. The minimum absolute atomic E-state index is 0.0961. The van der Waals surface area contributed by atoms with Gasteiger partial charge in [0, 0.05) is 31.7 Å². The topological polar surface area (TPSA) is 78.5 Å². The Hall–Kier alpha value is -1.44. The Morgan fingerprint density at radius 3 is 2.33 bits per heavy atom. The van der Waals surface area contributed by atoms with E-state index < -0.39 is 10.0 Å². The molecule has 0 bridgehead atoms. The summed E-state index contributed by atoms with van der Waals surface area (Å²) in [6, 6.07) is 6.26. The predicted octanol–water partition coefficient (Wildman–Crippen LogP) is 3.07. The Morgan fingerprint density at radius 1 is 1.11 bits per heavy atom. The zero-order valence-corrected chi connectivity index (χ0v) is 17.5. The molecule has 27 heavy (non-hydrogen) atoms. The maximum absolute atomic E-state index is 12.4. The Kier molecular flexibility index (Phi) is 8.26. The zero-order chi connectivity index (χ0) is 19.9. The first-order chi connectivity index (χ1) is 12.8. The van der Waals surface area contributed by atoms with E-state index in [9.17, 15) is 13.2 Å². The molecule has 2 atom stereocenters. The van der Waals surface area contributed by atoms with Gasteiger partial charge in [-0.2, -0.15) is 0 Å². The number of amides is 1. The minimum atomic E-state index is -3.51. The number of anilines is 1. The van der Waals surface area contributed by atoms with Crippen LogP contribution in [-0.4, -0.2) is 45.4 Å². The summed E-state index contributed by atoms with van der Waals surface area (Å²) in [4.78, 5) is 14.1. The van der Waals surface area contributed by atoms with Gasteiger partial charge in [0.1, 0.15) is 0 Å². The number of nitrogens with one attached hydrogen (secondary N) is 2. The molecule has 0 spiro atoms. The summed E-state index contributed by atoms with van der Waals surface area (Å²) in [6.07, 6.45) is 3.50. The fraction of sp³-hybridized carbons (Fsp3) is 0.650. The van der Waals surface area contributed by atoms with Crippen LogP contribution in [0.5, 0.6) is 0 Å². The van der Waals surface area contributed by atoms with E-state index in [-0.39, 0.29) is 10.8 Å². The molecule has 7 heteroatoms. The van der Waals surface area contributed by atoms with E-state index in [1.54, 1.807) is 19.1 Å². The van der Waals surface area contributed by atoms with Crippen molar-refractivity contribution in [3.8, 4) is 0 Å². The SMILES string of the molecule is CCC(=O)Nc1ccc(S(=O)(=O)NCCCCN2CC(C)CC(C)C2)cc1. The number of nitrogens with zero attached hydrogens (tertiary/aromatic N) is 1. The third kappa shape index (κ3) is 7.24. The molecule has 1 aromatic carbocycles. The van der Waals surface area contributed by atoms with E-state index in [0.29, 0.717) is 18.7 Å². The summed E-state index contributed by atoms with van der Waals surface area (Å²) in [5.41, 5.74) is 0.603. The average Bonchev–Trinajstić information content (AvgIpc) is 2.61. The van der Waals surface area contributed by atoms with E-state index in [2.05, 4.69) is 28.8 Å². The fourth-order valence-electron chi connectivity index (χ4n) is 3.69. The van der Waals surface area contributed by atoms with E-state index >= 15 is 0 Å². The molecule has 0 aliphatic carbocycles. The molecule has 1 fully saturated rings. The van der Waals surface area contributed by atoms with Crippen LogP contribution >= 0.6 is 0 Å². The lowest BCUT2D eigenvalue weighted by molar-refractivity contribution is -0.115. The summed E-state index contributed by atoms with van der Waals surface area (Å²) in [5.74, 6) is 1.40. The summed E-state index contributed by atoms with van der Waals surface area (Å²) in [6.45, 7) is 10.1. The number of benzene rings is 1. The largest absolute Gasteiger partial charge is 0.326 e. The Morgan fingerprint density at radius 2 is 1.74 bits per heavy atom. The predicted molar refractivity (Wildman–Crippen MR) is 109 cm³/mol. The van der Waals surface area contributed by atoms with Gasteiger partial charge in [0.15, 0.2) is 0 Å². The third-order valence-electron chi connectivity index (χ3n) is 4.91. The molecule has 1 amide bonds. The van der Waals surface area contributed by atoms with Gasteiger partial charge in [-0.15, -0.1) is 0 Å². The van der Waals surface area contributed by atoms with Crippen molar-refractivity contribution in [1.82, 2.24) is 9.62 Å². The Labute approximate surface area is 163 Å². The van der Waals surface area contributed by atoms with Gasteiger partial charge in [0.2, 0.25) is 15.9 Å². The second-order valence-corrected chi connectivity index (χ2v) is 9.50. The number of sulfonamides is 1. The molecule has 6 nitrogen and oxygen atoms in total. The normalized spacial score (nSPS) is 21.1. The molecule has 1 aliphatic heterocycles. The summed E-state index contributed by atoms with van der Waals surface area (Å²) in [7, 11) is -3.51. The van der Waals surface area contributed by atoms with Gasteiger partial charge >= 0.3 is 0 Å². The van der Waals surface area contributed by atoms with E-state index in [4.69, 9.17) is 0 Å². The first-order valence-corrected chi connectivity index (χ1v) is 11.4. The number of likely N-dealkylation sites (tertiary alicyclic amines) is 1. The molecule has 0 radical (unpaired) electrons. The van der Waals surface area contributed by atoms with Gasteiger partial charge in [-0.3, -0.25) is 4.79 Å². The molecular formula is C20H33N3O3S. The van der Waals surface area contributed by atoms with Crippen LogP contribution in [0.1, 0.15) is 46.5 Å². The number of piperidine rings is 1. The highest BCUT2D eigenvalue weighted by Crippen LogP contribution is 2.21. The highest BCUT2D eigenvalue weighted by Gasteiger charge is 2.21. The first kappa shape index (κ1) is 21.9. The van der Waals surface area contributed by atoms with E-state index in [1.165, 1.54) is 18.6 Å². The first-order valence-electron chi connectivity index (χ1n) is 9.92. The smallest absolute Gasteiger partial charge is 0.240 e. The van der Waals surface area contributed by atoms with Crippen molar-refractivity contribution in [1.29, 1.82) is 0 Å². The molecular weight excluding hydrogens is 362 g/mol. The van der Waals surface area contributed by atoms with Gasteiger partial charge in [-0.25, -0.2) is 13.1 Å². The number of carbonyl (C=O) groups is 1. The lowest BCUT2D eigenvalue weighted by atomic mass is 9.92. The Bertz CT molecular complexity index is 694. The summed E-state index contributed by atoms with van der Waals surface area (Å²) >= 11 is 0.